The number of hydrogen-bond donors (Lipinski definition) is 2. The molecule has 2 aromatic carbocycles. The van der Waals surface area contributed by atoms with Crippen LogP contribution in [0.15, 0.2) is 47.4 Å². The Morgan fingerprint density at radius 3 is 2.91 bits per heavy atom. The molecular formula is C18H18FNO2S. The van der Waals surface area contributed by atoms with Gasteiger partial charge in [0.15, 0.2) is 0 Å². The number of rotatable bonds is 4. The Labute approximate surface area is 138 Å². The van der Waals surface area contributed by atoms with E-state index in [0.29, 0.717) is 16.9 Å². The van der Waals surface area contributed by atoms with Crippen LogP contribution in [0.4, 0.5) is 4.39 Å². The molecule has 1 unspecified atom stereocenters. The van der Waals surface area contributed by atoms with Crippen molar-refractivity contribution in [3.8, 4) is 0 Å². The first-order valence-electron chi connectivity index (χ1n) is 7.46. The maximum absolute atomic E-state index is 13.5. The van der Waals surface area contributed by atoms with E-state index in [-0.39, 0.29) is 18.3 Å². The predicted octanol–water partition coefficient (Wildman–Crippen LogP) is 3.11. The molecule has 0 heterocycles. The van der Waals surface area contributed by atoms with Crippen molar-refractivity contribution in [3.05, 3.63) is 65.0 Å². The summed E-state index contributed by atoms with van der Waals surface area (Å²) in [5.74, 6) is -0.643. The number of carbonyl (C=O) groups excluding carboxylic acids is 1. The zero-order valence-electron chi connectivity index (χ0n) is 12.8. The minimum atomic E-state index is -1.03. The lowest BCUT2D eigenvalue weighted by atomic mass is 9.96. The van der Waals surface area contributed by atoms with Gasteiger partial charge in [0.05, 0.1) is 6.54 Å². The molecule has 2 aromatic rings. The Hall–Kier alpha value is -1.85. The number of halogens is 1. The standard InChI is InChI=1S/C18H18FNO2S/c1-23-16-10-13(6-7-15(16)19)17(21)20-11-18(22)9-8-12-4-2-3-5-14(12)18/h2-7,10,22H,8-9,11H2,1H3,(H,20,21). The van der Waals surface area contributed by atoms with Crippen LogP contribution in [0.5, 0.6) is 0 Å². The van der Waals surface area contributed by atoms with Gasteiger partial charge in [-0.05, 0) is 48.4 Å². The van der Waals surface area contributed by atoms with Crippen LogP contribution >= 0.6 is 11.8 Å². The fourth-order valence-electron chi connectivity index (χ4n) is 2.98. The molecule has 0 radical (unpaired) electrons. The maximum atomic E-state index is 13.5. The number of nitrogens with one attached hydrogen (secondary N) is 1. The van der Waals surface area contributed by atoms with Crippen molar-refractivity contribution in [2.75, 3.05) is 12.8 Å². The number of benzene rings is 2. The second-order valence-electron chi connectivity index (χ2n) is 5.72. The van der Waals surface area contributed by atoms with E-state index >= 15 is 0 Å². The van der Waals surface area contributed by atoms with Crippen LogP contribution in [-0.2, 0) is 12.0 Å². The van der Waals surface area contributed by atoms with Gasteiger partial charge in [-0.25, -0.2) is 4.39 Å². The second-order valence-corrected chi connectivity index (χ2v) is 6.57. The molecular weight excluding hydrogens is 313 g/mol. The molecule has 1 atom stereocenters. The van der Waals surface area contributed by atoms with Crippen molar-refractivity contribution in [3.63, 3.8) is 0 Å². The molecule has 2 N–H and O–H groups in total. The first kappa shape index (κ1) is 16.0. The molecule has 0 saturated heterocycles. The Morgan fingerprint density at radius 2 is 2.13 bits per heavy atom. The van der Waals surface area contributed by atoms with Crippen molar-refractivity contribution >= 4 is 17.7 Å². The second kappa shape index (κ2) is 6.34. The summed E-state index contributed by atoms with van der Waals surface area (Å²) in [5.41, 5.74) is 1.36. The molecule has 0 fully saturated rings. The van der Waals surface area contributed by atoms with Gasteiger partial charge < -0.3 is 10.4 Å². The number of carbonyl (C=O) groups is 1. The summed E-state index contributed by atoms with van der Waals surface area (Å²) in [6, 6.07) is 12.0. The number of aliphatic hydroxyl groups is 1. The lowest BCUT2D eigenvalue weighted by Crippen LogP contribution is -2.39. The summed E-state index contributed by atoms with van der Waals surface area (Å²) < 4.78 is 13.5. The highest BCUT2D eigenvalue weighted by molar-refractivity contribution is 7.98. The number of thioether (sulfide) groups is 1. The van der Waals surface area contributed by atoms with Crippen molar-refractivity contribution < 1.29 is 14.3 Å². The minimum absolute atomic E-state index is 0.148. The number of hydrogen-bond acceptors (Lipinski definition) is 3. The highest BCUT2D eigenvalue weighted by atomic mass is 32.2. The average molecular weight is 331 g/mol. The van der Waals surface area contributed by atoms with Crippen LogP contribution in [0, 0.1) is 5.82 Å². The molecule has 23 heavy (non-hydrogen) atoms. The monoisotopic (exact) mass is 331 g/mol. The number of fused-ring (bicyclic) bond motifs is 1. The highest BCUT2D eigenvalue weighted by Gasteiger charge is 2.36. The molecule has 0 saturated carbocycles. The Morgan fingerprint density at radius 1 is 1.35 bits per heavy atom. The van der Waals surface area contributed by atoms with Crippen molar-refractivity contribution in [1.82, 2.24) is 5.32 Å². The van der Waals surface area contributed by atoms with Gasteiger partial charge in [0.25, 0.3) is 5.91 Å². The third-order valence-electron chi connectivity index (χ3n) is 4.28. The zero-order chi connectivity index (χ0) is 16.4. The van der Waals surface area contributed by atoms with E-state index in [1.807, 2.05) is 24.3 Å². The van der Waals surface area contributed by atoms with E-state index in [1.54, 1.807) is 6.26 Å². The van der Waals surface area contributed by atoms with Gasteiger partial charge in [-0.15, -0.1) is 11.8 Å². The summed E-state index contributed by atoms with van der Waals surface area (Å²) in [5, 5.41) is 13.6. The van der Waals surface area contributed by atoms with Crippen LogP contribution in [0.1, 0.15) is 27.9 Å². The van der Waals surface area contributed by atoms with E-state index in [0.717, 1.165) is 17.5 Å². The third kappa shape index (κ3) is 3.12. The molecule has 0 spiro atoms. The molecule has 5 heteroatoms. The molecule has 1 amide bonds. The van der Waals surface area contributed by atoms with Crippen LogP contribution in [0.25, 0.3) is 0 Å². The lowest BCUT2D eigenvalue weighted by Gasteiger charge is -2.24. The molecule has 120 valence electrons. The quantitative estimate of drug-likeness (QED) is 0.847. The van der Waals surface area contributed by atoms with Crippen LogP contribution in [0.2, 0.25) is 0 Å². The fourth-order valence-corrected chi connectivity index (χ4v) is 3.49. The number of amides is 1. The van der Waals surface area contributed by atoms with Gasteiger partial charge in [-0.1, -0.05) is 24.3 Å². The van der Waals surface area contributed by atoms with E-state index < -0.39 is 5.60 Å². The van der Waals surface area contributed by atoms with E-state index in [4.69, 9.17) is 0 Å². The van der Waals surface area contributed by atoms with Crippen LogP contribution < -0.4 is 5.32 Å². The van der Waals surface area contributed by atoms with Crippen molar-refractivity contribution in [1.29, 1.82) is 0 Å². The van der Waals surface area contributed by atoms with Crippen molar-refractivity contribution in [2.24, 2.45) is 0 Å². The summed E-state index contributed by atoms with van der Waals surface area (Å²) >= 11 is 1.26. The Bertz CT molecular complexity index is 750. The van der Waals surface area contributed by atoms with E-state index in [1.165, 1.54) is 30.0 Å². The molecule has 3 nitrogen and oxygen atoms in total. The molecule has 0 aromatic heterocycles. The Kier molecular flexibility index (Phi) is 4.41. The summed E-state index contributed by atoms with van der Waals surface area (Å²) in [6.45, 7) is 0.148. The van der Waals surface area contributed by atoms with E-state index in [2.05, 4.69) is 5.32 Å². The molecule has 1 aliphatic carbocycles. The minimum Gasteiger partial charge on any atom is -0.383 e. The van der Waals surface area contributed by atoms with Crippen LogP contribution in [-0.4, -0.2) is 23.8 Å². The largest absolute Gasteiger partial charge is 0.383 e. The smallest absolute Gasteiger partial charge is 0.251 e. The predicted molar refractivity (Wildman–Crippen MR) is 89.2 cm³/mol. The maximum Gasteiger partial charge on any atom is 0.251 e. The third-order valence-corrected chi connectivity index (χ3v) is 5.03. The summed E-state index contributed by atoms with van der Waals surface area (Å²) in [4.78, 5) is 12.7. The highest BCUT2D eigenvalue weighted by Crippen LogP contribution is 2.36. The van der Waals surface area contributed by atoms with Gasteiger partial charge in [0.1, 0.15) is 11.4 Å². The van der Waals surface area contributed by atoms with Gasteiger partial charge >= 0.3 is 0 Å². The van der Waals surface area contributed by atoms with E-state index in [9.17, 15) is 14.3 Å². The first-order valence-corrected chi connectivity index (χ1v) is 8.68. The lowest BCUT2D eigenvalue weighted by molar-refractivity contribution is 0.0369. The number of aryl methyl sites for hydroxylation is 1. The normalized spacial score (nSPS) is 19.4. The summed E-state index contributed by atoms with van der Waals surface area (Å²) in [7, 11) is 0. The van der Waals surface area contributed by atoms with Gasteiger partial charge in [-0.3, -0.25) is 4.79 Å². The molecule has 0 bridgehead atoms. The zero-order valence-corrected chi connectivity index (χ0v) is 13.6. The van der Waals surface area contributed by atoms with Gasteiger partial charge in [0, 0.05) is 10.5 Å². The average Bonchev–Trinajstić information content (AvgIpc) is 2.91. The Balaban J connectivity index is 1.73. The molecule has 1 aliphatic rings. The SMILES string of the molecule is CSc1cc(C(=O)NCC2(O)CCc3ccccc32)ccc1F. The van der Waals surface area contributed by atoms with Crippen LogP contribution in [0.3, 0.4) is 0 Å². The molecule has 3 rings (SSSR count). The van der Waals surface area contributed by atoms with Gasteiger partial charge in [0.2, 0.25) is 0 Å². The van der Waals surface area contributed by atoms with Gasteiger partial charge in [-0.2, -0.15) is 0 Å². The van der Waals surface area contributed by atoms with Crippen molar-refractivity contribution in [2.45, 2.75) is 23.3 Å². The summed E-state index contributed by atoms with van der Waals surface area (Å²) in [6.07, 6.45) is 3.15. The molecule has 0 aliphatic heterocycles. The fraction of sp³-hybridized carbons (Fsp3) is 0.278. The topological polar surface area (TPSA) is 49.3 Å². The first-order chi connectivity index (χ1) is 11.0.